The average Bonchev–Trinajstić information content (AvgIpc) is 2.41. The van der Waals surface area contributed by atoms with Crippen molar-refractivity contribution in [2.45, 2.75) is 30.1 Å². The summed E-state index contributed by atoms with van der Waals surface area (Å²) in [6.07, 6.45) is 2.25. The maximum absolute atomic E-state index is 11.5. The zero-order chi connectivity index (χ0) is 13.0. The highest BCUT2D eigenvalue weighted by Gasteiger charge is 2.04. The summed E-state index contributed by atoms with van der Waals surface area (Å²) in [5.74, 6) is 0.0851. The molecule has 0 saturated heterocycles. The van der Waals surface area contributed by atoms with Gasteiger partial charge in [-0.05, 0) is 31.2 Å². The Kier molecular flexibility index (Phi) is 4.15. The Hall–Kier alpha value is -1.61. The van der Waals surface area contributed by atoms with Crippen LogP contribution in [0.4, 0.5) is 0 Å². The molecule has 0 amide bonds. The summed E-state index contributed by atoms with van der Waals surface area (Å²) in [4.78, 5) is 17.9. The molecular weight excluding hydrogens is 242 g/mol. The molecule has 2 nitrogen and oxygen atoms in total. The lowest BCUT2D eigenvalue weighted by atomic mass is 10.2. The number of carbonyl (C=O) groups is 1. The number of hydrogen-bond donors (Lipinski definition) is 0. The predicted molar refractivity (Wildman–Crippen MR) is 74.2 cm³/mol. The van der Waals surface area contributed by atoms with E-state index in [0.717, 1.165) is 4.90 Å². The monoisotopic (exact) mass is 257 g/mol. The molecule has 92 valence electrons. The van der Waals surface area contributed by atoms with Crippen molar-refractivity contribution in [1.82, 2.24) is 4.98 Å². The van der Waals surface area contributed by atoms with Crippen LogP contribution < -0.4 is 0 Å². The number of pyridine rings is 1. The fraction of sp³-hybridized carbons (Fsp3) is 0.200. The quantitative estimate of drug-likeness (QED) is 0.771. The lowest BCUT2D eigenvalue weighted by Crippen LogP contribution is -1.99. The molecule has 2 rings (SSSR count). The van der Waals surface area contributed by atoms with Crippen LogP contribution >= 0.6 is 11.8 Å². The smallest absolute Gasteiger partial charge is 0.180 e. The molecule has 0 spiro atoms. The molecule has 0 N–H and O–H groups in total. The third-order valence-electron chi connectivity index (χ3n) is 2.60. The van der Waals surface area contributed by atoms with E-state index in [-0.39, 0.29) is 5.78 Å². The van der Waals surface area contributed by atoms with E-state index < -0.39 is 0 Å². The predicted octanol–water partition coefficient (Wildman–Crippen LogP) is 4.13. The number of aryl methyl sites for hydroxylation is 1. The lowest BCUT2D eigenvalue weighted by Gasteiger charge is -2.03. The standard InChI is InChI=1S/C15H15NOS/c1-3-15(17)14-9-8-13(10-16-14)18-12-6-4-11(2)5-7-12/h4-10H,3H2,1-2H3. The van der Waals surface area contributed by atoms with E-state index in [1.54, 1.807) is 24.0 Å². The summed E-state index contributed by atoms with van der Waals surface area (Å²) in [5, 5.41) is 0. The first kappa shape index (κ1) is 12.8. The minimum Gasteiger partial charge on any atom is -0.292 e. The van der Waals surface area contributed by atoms with Crippen molar-refractivity contribution < 1.29 is 4.79 Å². The molecule has 0 aliphatic heterocycles. The van der Waals surface area contributed by atoms with Gasteiger partial charge in [-0.1, -0.05) is 36.4 Å². The van der Waals surface area contributed by atoms with Crippen molar-refractivity contribution in [2.24, 2.45) is 0 Å². The highest BCUT2D eigenvalue weighted by Crippen LogP contribution is 2.27. The van der Waals surface area contributed by atoms with Gasteiger partial charge in [0.05, 0.1) is 0 Å². The summed E-state index contributed by atoms with van der Waals surface area (Å²) < 4.78 is 0. The highest BCUT2D eigenvalue weighted by atomic mass is 32.2. The molecule has 0 radical (unpaired) electrons. The highest BCUT2D eigenvalue weighted by molar-refractivity contribution is 7.99. The van der Waals surface area contributed by atoms with E-state index in [1.165, 1.54) is 10.5 Å². The van der Waals surface area contributed by atoms with E-state index in [9.17, 15) is 4.79 Å². The van der Waals surface area contributed by atoms with Gasteiger partial charge in [0.25, 0.3) is 0 Å². The van der Waals surface area contributed by atoms with Gasteiger partial charge >= 0.3 is 0 Å². The molecule has 1 aromatic heterocycles. The minimum atomic E-state index is 0.0851. The first-order valence-electron chi connectivity index (χ1n) is 5.93. The molecule has 18 heavy (non-hydrogen) atoms. The van der Waals surface area contributed by atoms with E-state index in [1.807, 2.05) is 13.0 Å². The lowest BCUT2D eigenvalue weighted by molar-refractivity contribution is 0.0983. The summed E-state index contributed by atoms with van der Waals surface area (Å²) in [6.45, 7) is 3.92. The van der Waals surface area contributed by atoms with Crippen LogP contribution in [0.2, 0.25) is 0 Å². The van der Waals surface area contributed by atoms with Gasteiger partial charge in [0.1, 0.15) is 5.69 Å². The summed E-state index contributed by atoms with van der Waals surface area (Å²) in [6, 6.07) is 12.1. The van der Waals surface area contributed by atoms with Crippen LogP contribution in [0.1, 0.15) is 29.4 Å². The fourth-order valence-electron chi connectivity index (χ4n) is 1.53. The van der Waals surface area contributed by atoms with Crippen LogP contribution in [0.5, 0.6) is 0 Å². The molecule has 0 unspecified atom stereocenters. The Bertz CT molecular complexity index is 531. The average molecular weight is 257 g/mol. The molecule has 1 heterocycles. The van der Waals surface area contributed by atoms with Crippen LogP contribution in [0, 0.1) is 6.92 Å². The normalized spacial score (nSPS) is 10.3. The summed E-state index contributed by atoms with van der Waals surface area (Å²) >= 11 is 1.65. The first-order valence-corrected chi connectivity index (χ1v) is 6.74. The van der Waals surface area contributed by atoms with Crippen molar-refractivity contribution in [1.29, 1.82) is 0 Å². The molecule has 0 aliphatic carbocycles. The number of nitrogens with zero attached hydrogens (tertiary/aromatic N) is 1. The number of carbonyl (C=O) groups excluding carboxylic acids is 1. The maximum atomic E-state index is 11.5. The zero-order valence-electron chi connectivity index (χ0n) is 10.5. The number of aromatic nitrogens is 1. The molecule has 0 aliphatic rings. The van der Waals surface area contributed by atoms with Gasteiger partial charge in [-0.2, -0.15) is 0 Å². The van der Waals surface area contributed by atoms with E-state index in [0.29, 0.717) is 12.1 Å². The largest absolute Gasteiger partial charge is 0.292 e. The van der Waals surface area contributed by atoms with Crippen LogP contribution in [0.3, 0.4) is 0 Å². The molecule has 0 fully saturated rings. The molecule has 0 atom stereocenters. The molecular formula is C15H15NOS. The van der Waals surface area contributed by atoms with Crippen molar-refractivity contribution in [3.63, 3.8) is 0 Å². The van der Waals surface area contributed by atoms with Crippen molar-refractivity contribution in [3.8, 4) is 0 Å². The Labute approximate surface area is 111 Å². The second-order valence-electron chi connectivity index (χ2n) is 4.07. The second-order valence-corrected chi connectivity index (χ2v) is 5.22. The first-order chi connectivity index (χ1) is 8.69. The summed E-state index contributed by atoms with van der Waals surface area (Å²) in [7, 11) is 0. The molecule has 1 aromatic carbocycles. The Morgan fingerprint density at radius 3 is 2.33 bits per heavy atom. The van der Waals surface area contributed by atoms with Crippen molar-refractivity contribution in [3.05, 3.63) is 53.9 Å². The third kappa shape index (κ3) is 3.20. The zero-order valence-corrected chi connectivity index (χ0v) is 11.3. The van der Waals surface area contributed by atoms with Gasteiger partial charge in [-0.3, -0.25) is 9.78 Å². The van der Waals surface area contributed by atoms with Crippen molar-refractivity contribution >= 4 is 17.5 Å². The third-order valence-corrected chi connectivity index (χ3v) is 3.58. The molecule has 3 heteroatoms. The number of rotatable bonds is 4. The van der Waals surface area contributed by atoms with Crippen molar-refractivity contribution in [2.75, 3.05) is 0 Å². The van der Waals surface area contributed by atoms with Crippen LogP contribution in [-0.2, 0) is 0 Å². The van der Waals surface area contributed by atoms with Crippen LogP contribution in [0.15, 0.2) is 52.4 Å². The fourth-order valence-corrected chi connectivity index (χ4v) is 2.31. The Morgan fingerprint density at radius 1 is 1.11 bits per heavy atom. The van der Waals surface area contributed by atoms with E-state index in [4.69, 9.17) is 0 Å². The Balaban J connectivity index is 2.10. The molecule has 0 saturated carbocycles. The molecule has 0 bridgehead atoms. The summed E-state index contributed by atoms with van der Waals surface area (Å²) in [5.41, 5.74) is 1.80. The van der Waals surface area contributed by atoms with E-state index >= 15 is 0 Å². The van der Waals surface area contributed by atoms with E-state index in [2.05, 4.69) is 36.2 Å². The number of Topliss-reactive ketones (excluding diaryl/α,β-unsaturated/α-hetero) is 1. The number of hydrogen-bond acceptors (Lipinski definition) is 3. The molecule has 2 aromatic rings. The van der Waals surface area contributed by atoms with Gasteiger partial charge in [-0.15, -0.1) is 0 Å². The maximum Gasteiger partial charge on any atom is 0.180 e. The van der Waals surface area contributed by atoms with Crippen LogP contribution in [0.25, 0.3) is 0 Å². The SMILES string of the molecule is CCC(=O)c1ccc(Sc2ccc(C)cc2)cn1. The van der Waals surface area contributed by atoms with Gasteiger partial charge in [-0.25, -0.2) is 0 Å². The van der Waals surface area contributed by atoms with Gasteiger partial charge < -0.3 is 0 Å². The number of benzene rings is 1. The van der Waals surface area contributed by atoms with Gasteiger partial charge in [0, 0.05) is 22.4 Å². The second kappa shape index (κ2) is 5.83. The van der Waals surface area contributed by atoms with Gasteiger partial charge in [0.2, 0.25) is 0 Å². The van der Waals surface area contributed by atoms with Crippen LogP contribution in [-0.4, -0.2) is 10.8 Å². The minimum absolute atomic E-state index is 0.0851. The number of ketones is 1. The topological polar surface area (TPSA) is 30.0 Å². The Morgan fingerprint density at radius 2 is 1.78 bits per heavy atom. The van der Waals surface area contributed by atoms with Gasteiger partial charge in [0.15, 0.2) is 5.78 Å².